The molecule has 0 aliphatic carbocycles. The van der Waals surface area contributed by atoms with Gasteiger partial charge < -0.3 is 20.2 Å². The summed E-state index contributed by atoms with van der Waals surface area (Å²) in [7, 11) is 0. The van der Waals surface area contributed by atoms with E-state index in [4.69, 9.17) is 0 Å². The van der Waals surface area contributed by atoms with Gasteiger partial charge in [-0.25, -0.2) is 14.8 Å². The number of para-hydroxylation sites is 1. The first-order valence-corrected chi connectivity index (χ1v) is 14.6. The molecular weight excluding hydrogens is 556 g/mol. The molecule has 0 saturated carbocycles. The average Bonchev–Trinajstić information content (AvgIpc) is 3.03. The molecule has 0 unspecified atom stereocenters. The van der Waals surface area contributed by atoms with E-state index in [9.17, 15) is 19.5 Å². The summed E-state index contributed by atoms with van der Waals surface area (Å²) in [6.07, 6.45) is 2.86. The minimum atomic E-state index is -0.857. The average molecular weight is 591 g/mol. The van der Waals surface area contributed by atoms with Gasteiger partial charge in [0.15, 0.2) is 0 Å². The summed E-state index contributed by atoms with van der Waals surface area (Å²) >= 11 is 0. The molecule has 2 N–H and O–H groups in total. The van der Waals surface area contributed by atoms with Crippen molar-refractivity contribution in [3.05, 3.63) is 120 Å². The molecule has 2 aliphatic rings. The Morgan fingerprint density at radius 2 is 1.75 bits per heavy atom. The molecule has 224 valence electrons. The molecule has 2 saturated heterocycles. The van der Waals surface area contributed by atoms with Crippen LogP contribution in [0.25, 0.3) is 10.9 Å². The topological polar surface area (TPSA) is 109 Å². The molecule has 4 aromatic rings. The summed E-state index contributed by atoms with van der Waals surface area (Å²) in [5.74, 6) is -0.341. The maximum Gasteiger partial charge on any atom is 0.334 e. The van der Waals surface area contributed by atoms with Crippen molar-refractivity contribution in [3.63, 3.8) is 0 Å². The van der Waals surface area contributed by atoms with Crippen molar-refractivity contribution in [3.8, 4) is 5.75 Å². The number of urea groups is 1. The van der Waals surface area contributed by atoms with E-state index in [1.807, 2.05) is 60.7 Å². The van der Waals surface area contributed by atoms with Gasteiger partial charge in [0.1, 0.15) is 18.0 Å². The van der Waals surface area contributed by atoms with Gasteiger partial charge in [-0.15, -0.1) is 6.58 Å². The molecular formula is C34H34N6O4. The quantitative estimate of drug-likeness (QED) is 0.303. The largest absolute Gasteiger partial charge is 0.508 e. The Bertz CT molecular complexity index is 1670. The monoisotopic (exact) mass is 590 g/mol. The van der Waals surface area contributed by atoms with Crippen LogP contribution in [0.3, 0.4) is 0 Å². The molecule has 10 nitrogen and oxygen atoms in total. The predicted molar refractivity (Wildman–Crippen MR) is 166 cm³/mol. The van der Waals surface area contributed by atoms with E-state index < -0.39 is 12.2 Å². The van der Waals surface area contributed by atoms with Crippen LogP contribution in [0.15, 0.2) is 104 Å². The molecule has 44 heavy (non-hydrogen) atoms. The Morgan fingerprint density at radius 3 is 2.52 bits per heavy atom. The number of piperazine rings is 1. The molecule has 0 bridgehead atoms. The lowest BCUT2D eigenvalue weighted by molar-refractivity contribution is -0.189. The van der Waals surface area contributed by atoms with E-state index in [0.29, 0.717) is 6.54 Å². The molecule has 0 spiro atoms. The van der Waals surface area contributed by atoms with E-state index in [-0.39, 0.29) is 56.2 Å². The number of benzene rings is 3. The molecule has 0 radical (unpaired) electrons. The number of carbonyl (C=O) groups excluding carboxylic acids is 3. The zero-order valence-corrected chi connectivity index (χ0v) is 24.3. The van der Waals surface area contributed by atoms with Gasteiger partial charge in [-0.1, -0.05) is 72.8 Å². The zero-order chi connectivity index (χ0) is 30.6. The van der Waals surface area contributed by atoms with Crippen molar-refractivity contribution >= 4 is 28.7 Å². The third-order valence-corrected chi connectivity index (χ3v) is 8.11. The van der Waals surface area contributed by atoms with Crippen LogP contribution < -0.4 is 5.32 Å². The smallest absolute Gasteiger partial charge is 0.334 e. The SMILES string of the molecule is C=CCN1CC(=O)N2[C@@H](Cc3ccc(O)cc3)C(=O)N(Cc3cccc4cccnc34)C[C@@H]2N1C(=O)NCc1ccccc1. The van der Waals surface area contributed by atoms with Gasteiger partial charge in [0, 0.05) is 37.6 Å². The van der Waals surface area contributed by atoms with E-state index >= 15 is 0 Å². The van der Waals surface area contributed by atoms with Gasteiger partial charge in [0.2, 0.25) is 11.8 Å². The Kier molecular flexibility index (Phi) is 8.25. The van der Waals surface area contributed by atoms with Crippen LogP contribution in [-0.2, 0) is 29.1 Å². The number of hydrogen-bond donors (Lipinski definition) is 2. The summed E-state index contributed by atoms with van der Waals surface area (Å²) in [6.45, 7) is 4.73. The molecule has 1 aromatic heterocycles. The van der Waals surface area contributed by atoms with Gasteiger partial charge in [-0.05, 0) is 34.9 Å². The number of nitrogens with zero attached hydrogens (tertiary/aromatic N) is 5. The highest BCUT2D eigenvalue weighted by molar-refractivity contribution is 5.92. The van der Waals surface area contributed by atoms with Crippen molar-refractivity contribution in [2.45, 2.75) is 31.7 Å². The molecule has 2 fully saturated rings. The standard InChI is InChI=1S/C34H34N6O4/c1-2-18-38-23-31(42)39-29(19-24-13-15-28(41)16-14-24)33(43)37(21-27-11-6-10-26-12-7-17-35-32(26)27)22-30(39)40(38)34(44)36-20-25-8-4-3-5-9-25/h2-17,29-30,41H,1,18-23H2,(H,36,44)/t29-,30-/m0/s1. The Hall–Kier alpha value is -5.22. The number of nitrogens with one attached hydrogen (secondary N) is 1. The summed E-state index contributed by atoms with van der Waals surface area (Å²) in [5.41, 5.74) is 3.40. The first-order valence-electron chi connectivity index (χ1n) is 14.6. The first-order chi connectivity index (χ1) is 21.4. The van der Waals surface area contributed by atoms with Gasteiger partial charge in [0.25, 0.3) is 0 Å². The maximum atomic E-state index is 14.2. The highest BCUT2D eigenvalue weighted by Crippen LogP contribution is 2.30. The first kappa shape index (κ1) is 28.9. The molecule has 10 heteroatoms. The van der Waals surface area contributed by atoms with E-state index in [1.54, 1.807) is 56.4 Å². The molecule has 2 aliphatic heterocycles. The third-order valence-electron chi connectivity index (χ3n) is 8.11. The number of hydrazine groups is 1. The lowest BCUT2D eigenvalue weighted by atomic mass is 9.98. The van der Waals surface area contributed by atoms with Crippen LogP contribution in [-0.4, -0.2) is 79.6 Å². The lowest BCUT2D eigenvalue weighted by Gasteiger charge is -2.55. The maximum absolute atomic E-state index is 14.2. The molecule has 2 atom stereocenters. The molecule has 3 heterocycles. The van der Waals surface area contributed by atoms with Crippen LogP contribution in [0.2, 0.25) is 0 Å². The Morgan fingerprint density at radius 1 is 0.977 bits per heavy atom. The minimum Gasteiger partial charge on any atom is -0.508 e. The van der Waals surface area contributed by atoms with Crippen molar-refractivity contribution in [2.75, 3.05) is 19.6 Å². The third kappa shape index (κ3) is 5.84. The van der Waals surface area contributed by atoms with Gasteiger partial charge in [0.05, 0.1) is 18.6 Å². The summed E-state index contributed by atoms with van der Waals surface area (Å²) in [4.78, 5) is 49.8. The molecule has 3 aromatic carbocycles. The van der Waals surface area contributed by atoms with E-state index in [0.717, 1.165) is 27.6 Å². The summed E-state index contributed by atoms with van der Waals surface area (Å²) in [6, 6.07) is 24.7. The second kappa shape index (κ2) is 12.6. The fourth-order valence-corrected chi connectivity index (χ4v) is 6.05. The molecule has 4 amide bonds. The van der Waals surface area contributed by atoms with Crippen molar-refractivity contribution in [1.82, 2.24) is 30.1 Å². The number of fused-ring (bicyclic) bond motifs is 2. The van der Waals surface area contributed by atoms with Gasteiger partial charge in [-0.2, -0.15) is 0 Å². The number of phenolic OH excluding ortho intramolecular Hbond substituents is 1. The highest BCUT2D eigenvalue weighted by Gasteiger charge is 2.51. The number of hydrogen-bond acceptors (Lipinski definition) is 6. The number of phenols is 1. The second-order valence-electron chi connectivity index (χ2n) is 11.0. The number of aromatic hydroxyl groups is 1. The van der Waals surface area contributed by atoms with Gasteiger partial charge in [-0.3, -0.25) is 14.6 Å². The number of rotatable bonds is 8. The predicted octanol–water partition coefficient (Wildman–Crippen LogP) is 3.68. The fourth-order valence-electron chi connectivity index (χ4n) is 6.05. The number of aromatic nitrogens is 1. The van der Waals surface area contributed by atoms with Crippen LogP contribution in [0.4, 0.5) is 4.79 Å². The Balaban J connectivity index is 1.37. The number of carbonyl (C=O) groups is 3. The van der Waals surface area contributed by atoms with Crippen molar-refractivity contribution in [2.24, 2.45) is 0 Å². The van der Waals surface area contributed by atoms with E-state index in [1.165, 1.54) is 0 Å². The van der Waals surface area contributed by atoms with Crippen LogP contribution in [0.1, 0.15) is 16.7 Å². The summed E-state index contributed by atoms with van der Waals surface area (Å²) in [5, 5.41) is 17.1. The number of amides is 4. The van der Waals surface area contributed by atoms with Crippen LogP contribution in [0.5, 0.6) is 5.75 Å². The molecule has 6 rings (SSSR count). The highest BCUT2D eigenvalue weighted by atomic mass is 16.3. The van der Waals surface area contributed by atoms with Crippen LogP contribution >= 0.6 is 0 Å². The van der Waals surface area contributed by atoms with Crippen LogP contribution in [0, 0.1) is 0 Å². The van der Waals surface area contributed by atoms with Crippen molar-refractivity contribution in [1.29, 1.82) is 0 Å². The van der Waals surface area contributed by atoms with E-state index in [2.05, 4.69) is 16.9 Å². The number of pyridine rings is 1. The summed E-state index contributed by atoms with van der Waals surface area (Å²) < 4.78 is 0. The van der Waals surface area contributed by atoms with Gasteiger partial charge >= 0.3 is 6.03 Å². The fraction of sp³-hybridized carbons (Fsp3) is 0.235. The lowest BCUT2D eigenvalue weighted by Crippen LogP contribution is -2.76. The normalized spacial score (nSPS) is 18.8. The Labute approximate surface area is 255 Å². The second-order valence-corrected chi connectivity index (χ2v) is 11.0. The zero-order valence-electron chi connectivity index (χ0n) is 24.3. The minimum absolute atomic E-state index is 0.0755. The van der Waals surface area contributed by atoms with Crippen molar-refractivity contribution < 1.29 is 19.5 Å².